The van der Waals surface area contributed by atoms with Gasteiger partial charge in [0, 0.05) is 17.1 Å². The second-order valence-corrected chi connectivity index (χ2v) is 13.4. The molecule has 0 aliphatic heterocycles. The van der Waals surface area contributed by atoms with Crippen LogP contribution in [0, 0.1) is 6.92 Å². The van der Waals surface area contributed by atoms with Crippen molar-refractivity contribution in [3.63, 3.8) is 0 Å². The van der Waals surface area contributed by atoms with Crippen molar-refractivity contribution in [1.82, 2.24) is 10.2 Å². The van der Waals surface area contributed by atoms with Gasteiger partial charge in [0.15, 0.2) is 0 Å². The molecule has 3 aromatic carbocycles. The van der Waals surface area contributed by atoms with Gasteiger partial charge < -0.3 is 15.0 Å². The van der Waals surface area contributed by atoms with Crippen LogP contribution in [0.15, 0.2) is 77.7 Å². The number of carbonyl (C=O) groups excluding carboxylic acids is 2. The lowest BCUT2D eigenvalue weighted by atomic mass is 10.1. The minimum Gasteiger partial charge on any atom is -0.495 e. The molecule has 1 unspecified atom stereocenters. The predicted molar refractivity (Wildman–Crippen MR) is 168 cm³/mol. The van der Waals surface area contributed by atoms with E-state index in [0.717, 1.165) is 15.4 Å². The third-order valence-corrected chi connectivity index (χ3v) is 8.67. The molecule has 3 rings (SSSR count). The topological polar surface area (TPSA) is 96.0 Å². The number of methoxy groups -OCH3 is 1. The van der Waals surface area contributed by atoms with Crippen molar-refractivity contribution in [2.45, 2.75) is 63.9 Å². The Morgan fingerprint density at radius 2 is 1.64 bits per heavy atom. The summed E-state index contributed by atoms with van der Waals surface area (Å²) < 4.78 is 34.7. The quantitative estimate of drug-likeness (QED) is 0.286. The number of nitrogens with zero attached hydrogens (tertiary/aromatic N) is 2. The van der Waals surface area contributed by atoms with Crippen LogP contribution in [0.1, 0.15) is 45.2 Å². The second kappa shape index (κ2) is 14.1. The molecule has 1 atom stereocenters. The monoisotopic (exact) mass is 613 g/mol. The molecular formula is C32H40ClN3O5S. The Balaban J connectivity index is 2.09. The summed E-state index contributed by atoms with van der Waals surface area (Å²) in [5.41, 5.74) is 1.48. The molecule has 0 aliphatic carbocycles. The predicted octanol–water partition coefficient (Wildman–Crippen LogP) is 5.62. The fraction of sp³-hybridized carbons (Fsp3) is 0.375. The van der Waals surface area contributed by atoms with Crippen molar-refractivity contribution in [2.75, 3.05) is 24.5 Å². The van der Waals surface area contributed by atoms with Gasteiger partial charge >= 0.3 is 0 Å². The van der Waals surface area contributed by atoms with Crippen LogP contribution >= 0.6 is 11.6 Å². The first-order valence-electron chi connectivity index (χ1n) is 13.8. The molecule has 2 amide bonds. The van der Waals surface area contributed by atoms with Gasteiger partial charge in [-0.05, 0) is 76.4 Å². The summed E-state index contributed by atoms with van der Waals surface area (Å²) in [5, 5.41) is 3.25. The molecule has 0 saturated carbocycles. The number of aryl methyl sites for hydroxylation is 1. The number of rotatable bonds is 12. The first-order chi connectivity index (χ1) is 19.8. The van der Waals surface area contributed by atoms with Crippen molar-refractivity contribution < 1.29 is 22.7 Å². The minimum absolute atomic E-state index is 0.0104. The lowest BCUT2D eigenvalue weighted by Gasteiger charge is -2.35. The summed E-state index contributed by atoms with van der Waals surface area (Å²) in [4.78, 5) is 29.1. The largest absolute Gasteiger partial charge is 0.495 e. The normalized spacial score (nSPS) is 12.4. The van der Waals surface area contributed by atoms with E-state index >= 15 is 0 Å². The summed E-state index contributed by atoms with van der Waals surface area (Å²) in [6.45, 7) is 8.94. The zero-order valence-electron chi connectivity index (χ0n) is 25.1. The number of hydrogen-bond acceptors (Lipinski definition) is 5. The summed E-state index contributed by atoms with van der Waals surface area (Å²) in [6.07, 6.45) is 0.824. The molecule has 0 heterocycles. The highest BCUT2D eigenvalue weighted by molar-refractivity contribution is 7.92. The van der Waals surface area contributed by atoms with Crippen LogP contribution in [0.5, 0.6) is 5.75 Å². The third-order valence-electron chi connectivity index (χ3n) is 6.67. The van der Waals surface area contributed by atoms with Crippen molar-refractivity contribution in [2.24, 2.45) is 0 Å². The van der Waals surface area contributed by atoms with E-state index < -0.39 is 34.1 Å². The molecule has 0 bridgehead atoms. The molecule has 10 heteroatoms. The average molecular weight is 614 g/mol. The molecule has 42 heavy (non-hydrogen) atoms. The van der Waals surface area contributed by atoms with Crippen LogP contribution in [0.25, 0.3) is 0 Å². The van der Waals surface area contributed by atoms with Crippen LogP contribution in [0.4, 0.5) is 5.69 Å². The van der Waals surface area contributed by atoms with Crippen molar-refractivity contribution in [3.05, 3.63) is 88.9 Å². The van der Waals surface area contributed by atoms with Gasteiger partial charge in [-0.2, -0.15) is 0 Å². The highest BCUT2D eigenvalue weighted by Crippen LogP contribution is 2.35. The molecule has 226 valence electrons. The number of benzene rings is 3. The molecule has 0 spiro atoms. The Kier molecular flexibility index (Phi) is 11.0. The number of hydrogen-bond donors (Lipinski definition) is 1. The Morgan fingerprint density at radius 3 is 2.21 bits per heavy atom. The van der Waals surface area contributed by atoms with E-state index in [1.807, 2.05) is 65.0 Å². The second-order valence-electron chi connectivity index (χ2n) is 11.1. The molecule has 3 aromatic rings. The molecule has 0 saturated heterocycles. The third kappa shape index (κ3) is 8.49. The highest BCUT2D eigenvalue weighted by Gasteiger charge is 2.35. The Hall–Kier alpha value is -3.56. The minimum atomic E-state index is -4.25. The molecular weight excluding hydrogens is 574 g/mol. The van der Waals surface area contributed by atoms with Gasteiger partial charge in [-0.3, -0.25) is 13.9 Å². The summed E-state index contributed by atoms with van der Waals surface area (Å²) in [5.74, 6) is -0.601. The van der Waals surface area contributed by atoms with Crippen LogP contribution in [-0.2, 0) is 26.0 Å². The standard InChI is InChI=1S/C32H40ClN3O5S/c1-7-27(31(38)34-32(3,4)5)35(20-19-24-11-9-8-10-12-24)30(37)22-36(28-21-25(33)15-18-29(28)41-6)42(39,40)26-16-13-23(2)14-17-26/h8-18,21,27H,7,19-20,22H2,1-6H3,(H,34,38). The number of carbonyl (C=O) groups is 2. The Morgan fingerprint density at radius 1 is 1.00 bits per heavy atom. The fourth-order valence-electron chi connectivity index (χ4n) is 4.56. The van der Waals surface area contributed by atoms with Crippen LogP contribution in [0.3, 0.4) is 0 Å². The SMILES string of the molecule is CCC(C(=O)NC(C)(C)C)N(CCc1ccccc1)C(=O)CN(c1cc(Cl)ccc1OC)S(=O)(=O)c1ccc(C)cc1. The van der Waals surface area contributed by atoms with Gasteiger partial charge in [0.2, 0.25) is 11.8 Å². The fourth-order valence-corrected chi connectivity index (χ4v) is 6.14. The van der Waals surface area contributed by atoms with Crippen LogP contribution < -0.4 is 14.4 Å². The smallest absolute Gasteiger partial charge is 0.264 e. The first-order valence-corrected chi connectivity index (χ1v) is 15.7. The van der Waals surface area contributed by atoms with Crippen LogP contribution in [0.2, 0.25) is 5.02 Å². The Labute approximate surface area is 254 Å². The van der Waals surface area contributed by atoms with E-state index in [1.165, 1.54) is 30.2 Å². The lowest BCUT2D eigenvalue weighted by Crippen LogP contribution is -2.56. The molecule has 8 nitrogen and oxygen atoms in total. The number of sulfonamides is 1. The van der Waals surface area contributed by atoms with Gasteiger partial charge in [-0.25, -0.2) is 8.42 Å². The number of nitrogens with one attached hydrogen (secondary N) is 1. The van der Waals surface area contributed by atoms with E-state index in [0.29, 0.717) is 12.8 Å². The maximum Gasteiger partial charge on any atom is 0.264 e. The molecule has 0 aliphatic rings. The molecule has 0 fully saturated rings. The first kappa shape index (κ1) is 32.9. The number of halogens is 1. The van der Waals surface area contributed by atoms with E-state index in [9.17, 15) is 18.0 Å². The molecule has 0 radical (unpaired) electrons. The maximum absolute atomic E-state index is 14.2. The molecule has 0 aromatic heterocycles. The zero-order chi connectivity index (χ0) is 31.1. The van der Waals surface area contributed by atoms with E-state index in [4.69, 9.17) is 16.3 Å². The van der Waals surface area contributed by atoms with Gasteiger partial charge in [0.1, 0.15) is 18.3 Å². The summed E-state index contributed by atoms with van der Waals surface area (Å²) >= 11 is 6.30. The summed E-state index contributed by atoms with van der Waals surface area (Å²) in [7, 11) is -2.83. The van der Waals surface area contributed by atoms with Gasteiger partial charge in [-0.1, -0.05) is 66.6 Å². The van der Waals surface area contributed by atoms with Gasteiger partial charge in [0.25, 0.3) is 10.0 Å². The van der Waals surface area contributed by atoms with Crippen molar-refractivity contribution in [1.29, 1.82) is 0 Å². The Bertz CT molecular complexity index is 1470. The maximum atomic E-state index is 14.2. The average Bonchev–Trinajstić information content (AvgIpc) is 2.93. The van der Waals surface area contributed by atoms with E-state index in [-0.39, 0.29) is 33.8 Å². The van der Waals surface area contributed by atoms with Crippen LogP contribution in [-0.4, -0.2) is 56.9 Å². The molecule has 1 N–H and O–H groups in total. The van der Waals surface area contributed by atoms with E-state index in [2.05, 4.69) is 5.32 Å². The summed E-state index contributed by atoms with van der Waals surface area (Å²) in [6, 6.07) is 19.8. The number of ether oxygens (including phenoxy) is 1. The van der Waals surface area contributed by atoms with Crippen molar-refractivity contribution >= 4 is 39.1 Å². The number of amides is 2. The van der Waals surface area contributed by atoms with Gasteiger partial charge in [-0.15, -0.1) is 0 Å². The lowest BCUT2D eigenvalue weighted by molar-refractivity contribution is -0.140. The van der Waals surface area contributed by atoms with Gasteiger partial charge in [0.05, 0.1) is 17.7 Å². The van der Waals surface area contributed by atoms with Crippen molar-refractivity contribution in [3.8, 4) is 5.75 Å². The van der Waals surface area contributed by atoms with E-state index in [1.54, 1.807) is 24.3 Å². The number of anilines is 1. The zero-order valence-corrected chi connectivity index (χ0v) is 26.6. The highest BCUT2D eigenvalue weighted by atomic mass is 35.5.